The lowest BCUT2D eigenvalue weighted by atomic mass is 11.0. The summed E-state index contributed by atoms with van der Waals surface area (Å²) >= 11 is 0. The molecule has 3 N–H and O–H groups in total. The second-order valence-electron chi connectivity index (χ2n) is 1.63. The van der Waals surface area contributed by atoms with Crippen LogP contribution in [0, 0.1) is 0 Å². The van der Waals surface area contributed by atoms with E-state index in [0.29, 0.717) is 0 Å². The van der Waals surface area contributed by atoms with Gasteiger partial charge in [-0.1, -0.05) is 13.8 Å². The summed E-state index contributed by atoms with van der Waals surface area (Å²) < 4.78 is 15.2. The summed E-state index contributed by atoms with van der Waals surface area (Å²) in [5, 5.41) is 5.32. The maximum atomic E-state index is 9.25. The zero-order valence-corrected chi connectivity index (χ0v) is 8.28. The molecule has 1 heterocycles. The molecule has 1 aromatic rings. The normalized spacial score (nSPS) is 17.1. The molecular weight excluding hydrogens is 178 g/mol. The molecule has 5 nitrogen and oxygen atoms in total. The Labute approximate surface area is 74.2 Å². The zero-order chi connectivity index (χ0) is 9.61. The average Bonchev–Trinajstić information content (AvgIpc) is 2.61. The maximum absolute atomic E-state index is 9.25. The number of hydrogen-bond acceptors (Lipinski definition) is 4. The lowest BCUT2D eigenvalue weighted by Gasteiger charge is -2.31. The standard InChI is InChI=1S/C4H9N3O2S.C2H6/c1-9-10(5,8)7-3-2-6-4-7;1-2/h2-4,8H,5H2,1H3;1-2H3. The summed E-state index contributed by atoms with van der Waals surface area (Å²) in [6.45, 7) is 4.00. The van der Waals surface area contributed by atoms with Gasteiger partial charge in [-0.2, -0.15) is 0 Å². The van der Waals surface area contributed by atoms with Crippen LogP contribution in [-0.2, 0) is 4.18 Å². The van der Waals surface area contributed by atoms with Gasteiger partial charge in [0.05, 0.1) is 7.11 Å². The van der Waals surface area contributed by atoms with Crippen LogP contribution in [0.3, 0.4) is 0 Å². The smallest absolute Gasteiger partial charge is 0.115 e. The molecule has 12 heavy (non-hydrogen) atoms. The SMILES string of the molecule is CC.COS(N)(O)n1ccnc1. The van der Waals surface area contributed by atoms with Gasteiger partial charge in [-0.25, -0.2) is 14.1 Å². The molecule has 0 aromatic carbocycles. The van der Waals surface area contributed by atoms with Gasteiger partial charge >= 0.3 is 0 Å². The number of nitrogens with two attached hydrogens (primary N) is 1. The molecule has 72 valence electrons. The van der Waals surface area contributed by atoms with Crippen LogP contribution in [0.1, 0.15) is 13.8 Å². The number of nitrogens with zero attached hydrogens (tertiary/aromatic N) is 2. The van der Waals surface area contributed by atoms with Gasteiger partial charge in [0, 0.05) is 12.4 Å². The van der Waals surface area contributed by atoms with Crippen LogP contribution in [0.15, 0.2) is 18.7 Å². The van der Waals surface area contributed by atoms with Crippen molar-refractivity contribution in [3.8, 4) is 0 Å². The Kier molecular flexibility index (Phi) is 4.91. The van der Waals surface area contributed by atoms with Crippen LogP contribution < -0.4 is 5.14 Å². The first kappa shape index (κ1) is 11.4. The van der Waals surface area contributed by atoms with E-state index in [4.69, 9.17) is 5.14 Å². The minimum atomic E-state index is -2.60. The van der Waals surface area contributed by atoms with Gasteiger partial charge in [-0.3, -0.25) is 8.74 Å². The van der Waals surface area contributed by atoms with Gasteiger partial charge < -0.3 is 0 Å². The second-order valence-corrected chi connectivity index (χ2v) is 3.46. The lowest BCUT2D eigenvalue weighted by Crippen LogP contribution is -2.18. The molecule has 0 fully saturated rings. The van der Waals surface area contributed by atoms with E-state index in [9.17, 15) is 4.55 Å². The summed E-state index contributed by atoms with van der Waals surface area (Å²) in [6, 6.07) is 0. The molecule has 0 aliphatic carbocycles. The average molecular weight is 193 g/mol. The third-order valence-corrected chi connectivity index (χ3v) is 2.34. The third-order valence-electron chi connectivity index (χ3n) is 1.03. The van der Waals surface area contributed by atoms with Gasteiger partial charge in [-0.15, -0.1) is 0 Å². The van der Waals surface area contributed by atoms with Crippen molar-refractivity contribution in [2.24, 2.45) is 5.14 Å². The van der Waals surface area contributed by atoms with Crippen LogP contribution >= 0.6 is 11.0 Å². The minimum absolute atomic E-state index is 1.33. The molecule has 1 aromatic heterocycles. The predicted molar refractivity (Wildman–Crippen MR) is 50.4 cm³/mol. The third kappa shape index (κ3) is 2.82. The number of rotatable bonds is 2. The largest absolute Gasteiger partial charge is 0.268 e. The second kappa shape index (κ2) is 5.15. The van der Waals surface area contributed by atoms with Gasteiger partial charge in [0.25, 0.3) is 0 Å². The highest BCUT2D eigenvalue weighted by Gasteiger charge is 2.08. The quantitative estimate of drug-likeness (QED) is 0.744. The Morgan fingerprint density at radius 2 is 2.17 bits per heavy atom. The molecule has 0 bridgehead atoms. The highest BCUT2D eigenvalue weighted by Crippen LogP contribution is 2.35. The molecule has 0 amide bonds. The topological polar surface area (TPSA) is 73.3 Å². The predicted octanol–water partition coefficient (Wildman–Crippen LogP) is 1.39. The van der Waals surface area contributed by atoms with Gasteiger partial charge in [0.15, 0.2) is 0 Å². The fraction of sp³-hybridized carbons (Fsp3) is 0.500. The van der Waals surface area contributed by atoms with Crippen molar-refractivity contribution in [3.63, 3.8) is 0 Å². The fourth-order valence-electron chi connectivity index (χ4n) is 0.488. The van der Waals surface area contributed by atoms with Crippen LogP contribution in [0.4, 0.5) is 0 Å². The summed E-state index contributed by atoms with van der Waals surface area (Å²) in [7, 11) is -1.26. The van der Waals surface area contributed by atoms with Crippen molar-refractivity contribution in [1.29, 1.82) is 0 Å². The molecule has 0 aliphatic rings. The van der Waals surface area contributed by atoms with E-state index in [-0.39, 0.29) is 0 Å². The van der Waals surface area contributed by atoms with Gasteiger partial charge in [-0.05, 0) is 11.0 Å². The van der Waals surface area contributed by atoms with E-state index in [2.05, 4.69) is 9.17 Å². The van der Waals surface area contributed by atoms with E-state index in [1.165, 1.54) is 23.6 Å². The first-order valence-electron chi connectivity index (χ1n) is 3.54. The molecule has 6 heteroatoms. The van der Waals surface area contributed by atoms with E-state index < -0.39 is 11.0 Å². The lowest BCUT2D eigenvalue weighted by molar-refractivity contribution is 0.388. The summed E-state index contributed by atoms with van der Waals surface area (Å²) in [5.41, 5.74) is 0. The van der Waals surface area contributed by atoms with Crippen molar-refractivity contribution in [3.05, 3.63) is 18.7 Å². The summed E-state index contributed by atoms with van der Waals surface area (Å²) in [6.07, 6.45) is 4.46. The molecule has 1 atom stereocenters. The molecule has 0 radical (unpaired) electrons. The van der Waals surface area contributed by atoms with Crippen LogP contribution in [-0.4, -0.2) is 20.6 Å². The summed E-state index contributed by atoms with van der Waals surface area (Å²) in [5.74, 6) is 0. The van der Waals surface area contributed by atoms with Gasteiger partial charge in [0.2, 0.25) is 0 Å². The molecule has 0 saturated heterocycles. The monoisotopic (exact) mass is 193 g/mol. The highest BCUT2D eigenvalue weighted by molar-refractivity contribution is 8.21. The van der Waals surface area contributed by atoms with Crippen molar-refractivity contribution in [2.75, 3.05) is 7.11 Å². The Balaban J connectivity index is 0.000000561. The first-order valence-corrected chi connectivity index (χ1v) is 5.08. The summed E-state index contributed by atoms with van der Waals surface area (Å²) in [4.78, 5) is 3.70. The van der Waals surface area contributed by atoms with Crippen LogP contribution in [0.5, 0.6) is 0 Å². The van der Waals surface area contributed by atoms with Gasteiger partial charge in [0.1, 0.15) is 6.33 Å². The van der Waals surface area contributed by atoms with E-state index in [1.807, 2.05) is 13.8 Å². The number of hydrogen-bond donors (Lipinski definition) is 2. The molecule has 0 saturated carbocycles. The van der Waals surface area contributed by atoms with Crippen molar-refractivity contribution >= 4 is 11.0 Å². The Hall–Kier alpha value is -0.560. The molecule has 1 unspecified atom stereocenters. The number of imidazole rings is 1. The minimum Gasteiger partial charge on any atom is -0.268 e. The van der Waals surface area contributed by atoms with E-state index >= 15 is 0 Å². The van der Waals surface area contributed by atoms with Crippen LogP contribution in [0.2, 0.25) is 0 Å². The maximum Gasteiger partial charge on any atom is 0.115 e. The van der Waals surface area contributed by atoms with Crippen molar-refractivity contribution in [2.45, 2.75) is 13.8 Å². The zero-order valence-electron chi connectivity index (χ0n) is 7.47. The first-order chi connectivity index (χ1) is 5.67. The number of aromatic nitrogens is 2. The molecular formula is C6H15N3O2S. The van der Waals surface area contributed by atoms with E-state index in [1.54, 1.807) is 6.20 Å². The van der Waals surface area contributed by atoms with Crippen molar-refractivity contribution in [1.82, 2.24) is 8.96 Å². The molecule has 0 spiro atoms. The molecule has 0 aliphatic heterocycles. The Morgan fingerprint density at radius 1 is 1.58 bits per heavy atom. The van der Waals surface area contributed by atoms with Crippen LogP contribution in [0.25, 0.3) is 0 Å². The molecule has 1 rings (SSSR count). The highest BCUT2D eigenvalue weighted by atomic mass is 32.3. The van der Waals surface area contributed by atoms with Crippen molar-refractivity contribution < 1.29 is 8.74 Å². The Morgan fingerprint density at radius 3 is 2.50 bits per heavy atom. The fourth-order valence-corrected chi connectivity index (χ4v) is 1.08. The Bertz CT molecular complexity index is 201. The van der Waals surface area contributed by atoms with E-state index in [0.717, 1.165) is 0 Å².